The minimum absolute atomic E-state index is 0.0589. The molecule has 1 fully saturated rings. The molecule has 0 bridgehead atoms. The van der Waals surface area contributed by atoms with Gasteiger partial charge in [-0.3, -0.25) is 4.79 Å². The lowest BCUT2D eigenvalue weighted by Gasteiger charge is -2.26. The normalized spacial score (nSPS) is 17.3. The van der Waals surface area contributed by atoms with Crippen LogP contribution in [0.2, 0.25) is 0 Å². The van der Waals surface area contributed by atoms with Crippen LogP contribution in [0.4, 0.5) is 5.69 Å². The Morgan fingerprint density at radius 1 is 1.03 bits per heavy atom. The number of anilines is 1. The van der Waals surface area contributed by atoms with Crippen molar-refractivity contribution in [1.82, 2.24) is 4.31 Å². The Balaban J connectivity index is 1.48. The summed E-state index contributed by atoms with van der Waals surface area (Å²) in [4.78, 5) is 16.1. The SMILES string of the molecule is Cc1ccccc1SCC(=O)N1CCc2cc(S(=O)(=O)N3CCCCC3)ccc21. The third kappa shape index (κ3) is 4.22. The minimum Gasteiger partial charge on any atom is -0.311 e. The van der Waals surface area contributed by atoms with Gasteiger partial charge < -0.3 is 4.90 Å². The van der Waals surface area contributed by atoms with Gasteiger partial charge in [-0.1, -0.05) is 24.6 Å². The monoisotopic (exact) mass is 430 g/mol. The van der Waals surface area contributed by atoms with Crippen molar-refractivity contribution in [2.24, 2.45) is 0 Å². The Labute approximate surface area is 177 Å². The molecule has 7 heteroatoms. The van der Waals surface area contributed by atoms with Gasteiger partial charge in [0.2, 0.25) is 15.9 Å². The number of carbonyl (C=O) groups excluding carboxylic acids is 1. The number of rotatable bonds is 5. The van der Waals surface area contributed by atoms with Gasteiger partial charge >= 0.3 is 0 Å². The van der Waals surface area contributed by atoms with Gasteiger partial charge in [0.15, 0.2) is 0 Å². The molecule has 2 aromatic rings. The van der Waals surface area contributed by atoms with Crippen LogP contribution in [-0.2, 0) is 21.2 Å². The van der Waals surface area contributed by atoms with E-state index in [0.717, 1.165) is 35.4 Å². The first kappa shape index (κ1) is 20.4. The van der Waals surface area contributed by atoms with E-state index in [9.17, 15) is 13.2 Å². The average molecular weight is 431 g/mol. The van der Waals surface area contributed by atoms with Gasteiger partial charge in [-0.05, 0) is 61.6 Å². The Morgan fingerprint density at radius 2 is 1.79 bits per heavy atom. The highest BCUT2D eigenvalue weighted by Gasteiger charge is 2.30. The Hall–Kier alpha value is -1.83. The lowest BCUT2D eigenvalue weighted by Crippen LogP contribution is -2.35. The number of hydrogen-bond donors (Lipinski definition) is 0. The third-order valence-corrected chi connectivity index (χ3v) is 8.70. The number of carbonyl (C=O) groups is 1. The molecule has 2 heterocycles. The molecule has 0 radical (unpaired) electrons. The smallest absolute Gasteiger partial charge is 0.243 e. The predicted octanol–water partition coefficient (Wildman–Crippen LogP) is 3.85. The van der Waals surface area contributed by atoms with Crippen molar-refractivity contribution >= 4 is 33.4 Å². The van der Waals surface area contributed by atoms with Crippen molar-refractivity contribution < 1.29 is 13.2 Å². The van der Waals surface area contributed by atoms with E-state index < -0.39 is 10.0 Å². The predicted molar refractivity (Wildman–Crippen MR) is 117 cm³/mol. The van der Waals surface area contributed by atoms with E-state index in [1.54, 1.807) is 39.2 Å². The second-order valence-corrected chi connectivity index (χ2v) is 10.6. The number of thioether (sulfide) groups is 1. The number of nitrogens with zero attached hydrogens (tertiary/aromatic N) is 2. The highest BCUT2D eigenvalue weighted by molar-refractivity contribution is 8.00. The number of sulfonamides is 1. The van der Waals surface area contributed by atoms with Crippen molar-refractivity contribution in [2.75, 3.05) is 30.3 Å². The number of hydrogen-bond acceptors (Lipinski definition) is 4. The van der Waals surface area contributed by atoms with E-state index in [4.69, 9.17) is 0 Å². The van der Waals surface area contributed by atoms with Crippen molar-refractivity contribution in [3.63, 3.8) is 0 Å². The number of piperidine rings is 1. The second-order valence-electron chi connectivity index (χ2n) is 7.60. The molecule has 0 spiro atoms. The van der Waals surface area contributed by atoms with Crippen LogP contribution in [0.1, 0.15) is 30.4 Å². The number of aryl methyl sites for hydroxylation is 1. The van der Waals surface area contributed by atoms with Crippen LogP contribution in [0.3, 0.4) is 0 Å². The number of benzene rings is 2. The Bertz CT molecular complexity index is 1010. The van der Waals surface area contributed by atoms with Gasteiger partial charge in [0.05, 0.1) is 10.6 Å². The molecular weight excluding hydrogens is 404 g/mol. The zero-order valence-electron chi connectivity index (χ0n) is 16.6. The quantitative estimate of drug-likeness (QED) is 0.676. The molecule has 0 unspecified atom stereocenters. The molecule has 1 saturated heterocycles. The molecule has 29 heavy (non-hydrogen) atoms. The summed E-state index contributed by atoms with van der Waals surface area (Å²) in [6.45, 7) is 3.85. The van der Waals surface area contributed by atoms with Gasteiger partial charge in [-0.2, -0.15) is 4.31 Å². The van der Waals surface area contributed by atoms with Gasteiger partial charge in [-0.15, -0.1) is 11.8 Å². The van der Waals surface area contributed by atoms with Crippen molar-refractivity contribution in [2.45, 2.75) is 42.4 Å². The molecule has 0 atom stereocenters. The molecule has 0 aliphatic carbocycles. The van der Waals surface area contributed by atoms with E-state index in [2.05, 4.69) is 0 Å². The van der Waals surface area contributed by atoms with E-state index >= 15 is 0 Å². The fraction of sp³-hybridized carbons (Fsp3) is 0.409. The maximum atomic E-state index is 12.9. The molecule has 5 nitrogen and oxygen atoms in total. The minimum atomic E-state index is -3.45. The fourth-order valence-corrected chi connectivity index (χ4v) is 6.46. The summed E-state index contributed by atoms with van der Waals surface area (Å²) >= 11 is 1.55. The Kier molecular flexibility index (Phi) is 5.99. The van der Waals surface area contributed by atoms with Crippen LogP contribution >= 0.6 is 11.8 Å². The summed E-state index contributed by atoms with van der Waals surface area (Å²) in [7, 11) is -3.45. The summed E-state index contributed by atoms with van der Waals surface area (Å²) in [6.07, 6.45) is 3.63. The van der Waals surface area contributed by atoms with Crippen LogP contribution in [0.25, 0.3) is 0 Å². The van der Waals surface area contributed by atoms with Crippen molar-refractivity contribution in [3.8, 4) is 0 Å². The molecule has 2 aliphatic heterocycles. The van der Waals surface area contributed by atoms with E-state index in [1.807, 2.05) is 31.2 Å². The molecule has 2 aromatic carbocycles. The average Bonchev–Trinajstić information content (AvgIpc) is 3.17. The van der Waals surface area contributed by atoms with Crippen LogP contribution in [0.15, 0.2) is 52.3 Å². The lowest BCUT2D eigenvalue weighted by molar-refractivity contribution is -0.116. The van der Waals surface area contributed by atoms with E-state index in [0.29, 0.717) is 36.7 Å². The van der Waals surface area contributed by atoms with E-state index in [-0.39, 0.29) is 5.91 Å². The van der Waals surface area contributed by atoms with Gasteiger partial charge in [-0.25, -0.2) is 8.42 Å². The molecular formula is C22H26N2O3S2. The van der Waals surface area contributed by atoms with Crippen LogP contribution < -0.4 is 4.90 Å². The van der Waals surface area contributed by atoms with Crippen molar-refractivity contribution in [1.29, 1.82) is 0 Å². The maximum Gasteiger partial charge on any atom is 0.243 e. The van der Waals surface area contributed by atoms with Crippen LogP contribution in [0, 0.1) is 6.92 Å². The third-order valence-electron chi connectivity index (χ3n) is 5.65. The van der Waals surface area contributed by atoms with Crippen LogP contribution in [0.5, 0.6) is 0 Å². The standard InChI is InChI=1S/C22H26N2O3S2/c1-17-7-3-4-8-21(17)28-16-22(25)24-14-11-18-15-19(9-10-20(18)24)29(26,27)23-12-5-2-6-13-23/h3-4,7-10,15H,2,5-6,11-14,16H2,1H3. The zero-order valence-corrected chi connectivity index (χ0v) is 18.3. The van der Waals surface area contributed by atoms with Crippen LogP contribution in [-0.4, -0.2) is 44.0 Å². The summed E-state index contributed by atoms with van der Waals surface area (Å²) in [5.74, 6) is 0.432. The summed E-state index contributed by atoms with van der Waals surface area (Å²) in [5, 5.41) is 0. The second kappa shape index (κ2) is 8.50. The maximum absolute atomic E-state index is 12.9. The molecule has 0 aromatic heterocycles. The van der Waals surface area contributed by atoms with Gasteiger partial charge in [0.1, 0.15) is 0 Å². The Morgan fingerprint density at radius 3 is 2.55 bits per heavy atom. The molecule has 0 saturated carbocycles. The fourth-order valence-electron chi connectivity index (χ4n) is 3.99. The van der Waals surface area contributed by atoms with E-state index in [1.165, 1.54) is 5.56 Å². The zero-order chi connectivity index (χ0) is 20.4. The van der Waals surface area contributed by atoms with Gasteiger partial charge in [0.25, 0.3) is 0 Å². The van der Waals surface area contributed by atoms with Crippen molar-refractivity contribution in [3.05, 3.63) is 53.6 Å². The molecule has 4 rings (SSSR count). The highest BCUT2D eigenvalue weighted by Crippen LogP contribution is 2.33. The number of fused-ring (bicyclic) bond motifs is 1. The molecule has 154 valence electrons. The summed E-state index contributed by atoms with van der Waals surface area (Å²) in [5.41, 5.74) is 2.95. The largest absolute Gasteiger partial charge is 0.311 e. The first-order chi connectivity index (χ1) is 14.0. The first-order valence-corrected chi connectivity index (χ1v) is 12.5. The topological polar surface area (TPSA) is 57.7 Å². The summed E-state index contributed by atoms with van der Waals surface area (Å²) < 4.78 is 27.5. The number of amides is 1. The highest BCUT2D eigenvalue weighted by atomic mass is 32.2. The molecule has 2 aliphatic rings. The lowest BCUT2D eigenvalue weighted by atomic mass is 10.2. The van der Waals surface area contributed by atoms with Gasteiger partial charge in [0, 0.05) is 30.2 Å². The molecule has 0 N–H and O–H groups in total. The first-order valence-electron chi connectivity index (χ1n) is 10.1. The summed E-state index contributed by atoms with van der Waals surface area (Å²) in [6, 6.07) is 13.3. The molecule has 1 amide bonds.